The van der Waals surface area contributed by atoms with Crippen molar-refractivity contribution in [2.45, 2.75) is 12.5 Å². The lowest BCUT2D eigenvalue weighted by Gasteiger charge is -2.12. The van der Waals surface area contributed by atoms with E-state index in [0.717, 1.165) is 27.9 Å². The number of aromatic amines is 1. The second-order valence-electron chi connectivity index (χ2n) is 5.49. The molecule has 6 heteroatoms. The maximum atomic E-state index is 12.1. The number of carbonyl (C=O) groups is 1. The van der Waals surface area contributed by atoms with Crippen molar-refractivity contribution in [1.29, 1.82) is 0 Å². The quantitative estimate of drug-likeness (QED) is 0.646. The zero-order valence-electron chi connectivity index (χ0n) is 13.3. The second kappa shape index (κ2) is 7.14. The van der Waals surface area contributed by atoms with Crippen LogP contribution in [0.3, 0.4) is 0 Å². The van der Waals surface area contributed by atoms with Gasteiger partial charge in [-0.15, -0.1) is 0 Å². The largest absolute Gasteiger partial charge is 0.497 e. The number of rotatable bonds is 6. The zero-order chi connectivity index (χ0) is 16.9. The van der Waals surface area contributed by atoms with Crippen LogP contribution >= 0.6 is 0 Å². The Morgan fingerprint density at radius 1 is 1.25 bits per heavy atom. The van der Waals surface area contributed by atoms with Gasteiger partial charge in [-0.3, -0.25) is 9.89 Å². The van der Waals surface area contributed by atoms with Crippen molar-refractivity contribution in [1.82, 2.24) is 15.5 Å². The molecule has 0 spiro atoms. The summed E-state index contributed by atoms with van der Waals surface area (Å²) in [7, 11) is 1.59. The lowest BCUT2D eigenvalue weighted by atomic mass is 10.1. The van der Waals surface area contributed by atoms with Crippen molar-refractivity contribution in [2.75, 3.05) is 13.7 Å². The Kier molecular flexibility index (Phi) is 4.77. The summed E-state index contributed by atoms with van der Waals surface area (Å²) in [5.41, 5.74) is 2.32. The predicted molar refractivity (Wildman–Crippen MR) is 90.8 cm³/mol. The number of carbonyl (C=O) groups excluding carboxylic acids is 1. The van der Waals surface area contributed by atoms with E-state index in [-0.39, 0.29) is 18.9 Å². The third kappa shape index (κ3) is 3.55. The number of amides is 1. The molecule has 3 rings (SSSR count). The maximum Gasteiger partial charge on any atom is 0.226 e. The molecule has 0 aliphatic rings. The van der Waals surface area contributed by atoms with E-state index in [4.69, 9.17) is 4.74 Å². The van der Waals surface area contributed by atoms with Gasteiger partial charge in [0, 0.05) is 11.9 Å². The number of para-hydroxylation sites is 1. The van der Waals surface area contributed by atoms with Crippen LogP contribution in [-0.4, -0.2) is 34.9 Å². The van der Waals surface area contributed by atoms with Gasteiger partial charge in [-0.1, -0.05) is 30.3 Å². The highest BCUT2D eigenvalue weighted by Gasteiger charge is 2.12. The third-order valence-corrected chi connectivity index (χ3v) is 3.87. The molecule has 24 heavy (non-hydrogen) atoms. The van der Waals surface area contributed by atoms with Crippen LogP contribution < -0.4 is 10.1 Å². The molecule has 1 atom stereocenters. The summed E-state index contributed by atoms with van der Waals surface area (Å²) in [4.78, 5) is 12.1. The van der Waals surface area contributed by atoms with Gasteiger partial charge >= 0.3 is 0 Å². The van der Waals surface area contributed by atoms with E-state index in [0.29, 0.717) is 0 Å². The van der Waals surface area contributed by atoms with Gasteiger partial charge in [0.25, 0.3) is 0 Å². The smallest absolute Gasteiger partial charge is 0.226 e. The van der Waals surface area contributed by atoms with Crippen molar-refractivity contribution >= 4 is 16.8 Å². The molecule has 0 saturated heterocycles. The van der Waals surface area contributed by atoms with Gasteiger partial charge in [-0.25, -0.2) is 0 Å². The van der Waals surface area contributed by atoms with Crippen LogP contribution in [0.15, 0.2) is 48.5 Å². The first-order chi connectivity index (χ1) is 11.7. The lowest BCUT2D eigenvalue weighted by molar-refractivity contribution is -0.120. The first-order valence-corrected chi connectivity index (χ1v) is 7.68. The van der Waals surface area contributed by atoms with Gasteiger partial charge in [0.1, 0.15) is 5.75 Å². The predicted octanol–water partition coefficient (Wildman–Crippen LogP) is 1.96. The molecule has 0 aliphatic carbocycles. The fourth-order valence-corrected chi connectivity index (χ4v) is 2.53. The number of hydrogen-bond donors (Lipinski definition) is 3. The molecule has 1 heterocycles. The molecule has 2 aromatic carbocycles. The molecule has 3 N–H and O–H groups in total. The lowest BCUT2D eigenvalue weighted by Crippen LogP contribution is -2.29. The van der Waals surface area contributed by atoms with Crippen molar-refractivity contribution in [3.8, 4) is 5.75 Å². The molecular formula is C18H19N3O3. The van der Waals surface area contributed by atoms with Crippen LogP contribution in [0.25, 0.3) is 10.9 Å². The van der Waals surface area contributed by atoms with E-state index in [1.807, 2.05) is 24.3 Å². The highest BCUT2D eigenvalue weighted by atomic mass is 16.5. The monoisotopic (exact) mass is 325 g/mol. The second-order valence-corrected chi connectivity index (χ2v) is 5.49. The van der Waals surface area contributed by atoms with Gasteiger partial charge in [-0.05, 0) is 23.8 Å². The molecule has 3 aromatic rings. The van der Waals surface area contributed by atoms with Crippen LogP contribution in [0.4, 0.5) is 0 Å². The summed E-state index contributed by atoms with van der Waals surface area (Å²) in [5, 5.41) is 20.9. The Morgan fingerprint density at radius 2 is 2.00 bits per heavy atom. The third-order valence-electron chi connectivity index (χ3n) is 3.87. The topological polar surface area (TPSA) is 87.2 Å². The molecule has 0 fully saturated rings. The number of H-pyrrole nitrogens is 1. The average molecular weight is 325 g/mol. The molecule has 1 amide bonds. The maximum absolute atomic E-state index is 12.1. The van der Waals surface area contributed by atoms with E-state index < -0.39 is 6.10 Å². The minimum atomic E-state index is -0.765. The number of benzene rings is 2. The standard InChI is InChI=1S/C18H19N3O3/c1-24-13-8-6-12(7-9-13)17(22)11-19-18(23)10-16-14-4-2-3-5-15(14)20-21-16/h2-9,17,22H,10-11H2,1H3,(H,19,23)(H,20,21)/t17-/m1/s1. The van der Waals surface area contributed by atoms with Crippen LogP contribution in [0, 0.1) is 0 Å². The molecule has 1 aromatic heterocycles. The van der Waals surface area contributed by atoms with Crippen LogP contribution in [0.1, 0.15) is 17.4 Å². The van der Waals surface area contributed by atoms with E-state index in [1.54, 1.807) is 31.4 Å². The number of nitrogens with zero attached hydrogens (tertiary/aromatic N) is 1. The summed E-state index contributed by atoms with van der Waals surface area (Å²) >= 11 is 0. The molecule has 0 unspecified atom stereocenters. The first-order valence-electron chi connectivity index (χ1n) is 7.68. The van der Waals surface area contributed by atoms with E-state index in [2.05, 4.69) is 15.5 Å². The summed E-state index contributed by atoms with van der Waals surface area (Å²) in [5.74, 6) is 0.554. The van der Waals surface area contributed by atoms with Gasteiger partial charge in [0.05, 0.1) is 30.8 Å². The first kappa shape index (κ1) is 16.0. The Morgan fingerprint density at radius 3 is 2.75 bits per heavy atom. The molecule has 6 nitrogen and oxygen atoms in total. The number of aromatic nitrogens is 2. The molecule has 124 valence electrons. The summed E-state index contributed by atoms with van der Waals surface area (Å²) < 4.78 is 5.08. The minimum absolute atomic E-state index is 0.150. The van der Waals surface area contributed by atoms with Gasteiger partial charge in [0.2, 0.25) is 5.91 Å². The van der Waals surface area contributed by atoms with Crippen LogP contribution in [0.2, 0.25) is 0 Å². The number of fused-ring (bicyclic) bond motifs is 1. The van der Waals surface area contributed by atoms with Gasteiger partial charge in [0.15, 0.2) is 0 Å². The van der Waals surface area contributed by atoms with Gasteiger partial charge < -0.3 is 15.2 Å². The highest BCUT2D eigenvalue weighted by Crippen LogP contribution is 2.18. The minimum Gasteiger partial charge on any atom is -0.497 e. The SMILES string of the molecule is COc1ccc([C@H](O)CNC(=O)Cc2[nH]nc3ccccc23)cc1. The Balaban J connectivity index is 1.56. The zero-order valence-corrected chi connectivity index (χ0v) is 13.3. The number of ether oxygens (including phenoxy) is 1. The number of nitrogens with one attached hydrogen (secondary N) is 2. The van der Waals surface area contributed by atoms with Crippen molar-refractivity contribution in [3.63, 3.8) is 0 Å². The van der Waals surface area contributed by atoms with Crippen molar-refractivity contribution in [3.05, 3.63) is 59.8 Å². The summed E-state index contributed by atoms with van der Waals surface area (Å²) in [6.45, 7) is 0.150. The number of hydrogen-bond acceptors (Lipinski definition) is 4. The molecule has 0 aliphatic heterocycles. The Labute approximate surface area is 139 Å². The van der Waals surface area contributed by atoms with Crippen LogP contribution in [-0.2, 0) is 11.2 Å². The fourth-order valence-electron chi connectivity index (χ4n) is 2.53. The Hall–Kier alpha value is -2.86. The van der Waals surface area contributed by atoms with Crippen molar-refractivity contribution in [2.24, 2.45) is 0 Å². The number of methoxy groups -OCH3 is 1. The highest BCUT2D eigenvalue weighted by molar-refractivity contribution is 5.87. The fraction of sp³-hybridized carbons (Fsp3) is 0.222. The average Bonchev–Trinajstić information content (AvgIpc) is 3.03. The number of aliphatic hydroxyl groups is 1. The normalized spacial score (nSPS) is 12.1. The van der Waals surface area contributed by atoms with E-state index in [9.17, 15) is 9.90 Å². The molecular weight excluding hydrogens is 306 g/mol. The molecule has 0 saturated carbocycles. The van der Waals surface area contributed by atoms with E-state index >= 15 is 0 Å². The summed E-state index contributed by atoms with van der Waals surface area (Å²) in [6.07, 6.45) is -0.575. The van der Waals surface area contributed by atoms with Crippen molar-refractivity contribution < 1.29 is 14.6 Å². The molecule has 0 bridgehead atoms. The van der Waals surface area contributed by atoms with E-state index in [1.165, 1.54) is 0 Å². The summed E-state index contributed by atoms with van der Waals surface area (Å²) in [6, 6.07) is 14.7. The number of aliphatic hydroxyl groups excluding tert-OH is 1. The Bertz CT molecular complexity index is 827. The molecule has 0 radical (unpaired) electrons. The van der Waals surface area contributed by atoms with Gasteiger partial charge in [-0.2, -0.15) is 5.10 Å². The van der Waals surface area contributed by atoms with Crippen LogP contribution in [0.5, 0.6) is 5.75 Å².